The molecule has 1 aromatic carbocycles. The fourth-order valence-corrected chi connectivity index (χ4v) is 2.17. The molecule has 2 rings (SSSR count). The molecule has 0 N–H and O–H groups in total. The van der Waals surface area contributed by atoms with Crippen molar-refractivity contribution < 1.29 is 52.9 Å². The van der Waals surface area contributed by atoms with Gasteiger partial charge in [-0.3, -0.25) is 0 Å². The SMILES string of the molecule is C[n+]1nn(OC(F)F)c2cc(S(C)(=O)=O)ccc21.O=S(=O)([O-])C(F)(F)F. The van der Waals surface area contributed by atoms with Gasteiger partial charge in [-0.25, -0.2) is 21.7 Å². The number of benzene rings is 1. The standard InChI is InChI=1S/C9H10F2N3O3S.CHF3O3S/c1-13-7-4-3-6(18(2,15)16)5-8(7)14(12-13)17-9(10)11;2-1(3,4)8(5,6)7/h3-5,9H,1-2H3;(H,5,6,7)/q+1;/p-1. The first-order valence-corrected chi connectivity index (χ1v) is 9.40. The number of rotatable bonds is 3. The van der Waals surface area contributed by atoms with Gasteiger partial charge in [-0.05, 0) is 12.1 Å². The molecule has 0 amide bonds. The highest BCUT2D eigenvalue weighted by molar-refractivity contribution is 7.90. The van der Waals surface area contributed by atoms with E-state index in [9.17, 15) is 30.4 Å². The van der Waals surface area contributed by atoms with E-state index in [1.807, 2.05) is 0 Å². The van der Waals surface area contributed by atoms with Crippen LogP contribution >= 0.6 is 0 Å². The zero-order chi connectivity index (χ0) is 20.5. The van der Waals surface area contributed by atoms with Crippen molar-refractivity contribution in [3.8, 4) is 0 Å². The highest BCUT2D eigenvalue weighted by Gasteiger charge is 2.36. The number of nitrogens with zero attached hydrogens (tertiary/aromatic N) is 3. The predicted molar refractivity (Wildman–Crippen MR) is 72.4 cm³/mol. The first-order valence-electron chi connectivity index (χ1n) is 6.10. The van der Waals surface area contributed by atoms with Crippen molar-refractivity contribution in [2.75, 3.05) is 6.26 Å². The van der Waals surface area contributed by atoms with Crippen LogP contribution in [0.15, 0.2) is 23.1 Å². The van der Waals surface area contributed by atoms with Crippen LogP contribution in [0.5, 0.6) is 0 Å². The van der Waals surface area contributed by atoms with Crippen molar-refractivity contribution in [2.45, 2.75) is 17.0 Å². The molecule has 0 saturated heterocycles. The quantitative estimate of drug-likeness (QED) is 0.292. The molecule has 148 valence electrons. The van der Waals surface area contributed by atoms with Crippen LogP contribution in [-0.2, 0) is 27.0 Å². The van der Waals surface area contributed by atoms with E-state index < -0.39 is 32.1 Å². The number of fused-ring (bicyclic) bond motifs is 1. The molecule has 0 aliphatic carbocycles. The fourth-order valence-electron chi connectivity index (χ4n) is 1.53. The molecule has 2 aromatic rings. The average molecular weight is 427 g/mol. The summed E-state index contributed by atoms with van der Waals surface area (Å²) < 4.78 is 107. The van der Waals surface area contributed by atoms with Crippen LogP contribution in [0.25, 0.3) is 11.0 Å². The van der Waals surface area contributed by atoms with Crippen molar-refractivity contribution in [1.29, 1.82) is 0 Å². The van der Waals surface area contributed by atoms with Gasteiger partial charge < -0.3 is 4.55 Å². The average Bonchev–Trinajstić information content (AvgIpc) is 2.72. The molecular weight excluding hydrogens is 417 g/mol. The molecule has 26 heavy (non-hydrogen) atoms. The Morgan fingerprint density at radius 3 is 2.12 bits per heavy atom. The minimum absolute atomic E-state index is 0.00890. The Bertz CT molecular complexity index is 1000. The Kier molecular flexibility index (Phi) is 6.15. The number of aryl methyl sites for hydroxylation is 1. The molecule has 1 aromatic heterocycles. The van der Waals surface area contributed by atoms with Crippen molar-refractivity contribution in [3.63, 3.8) is 0 Å². The summed E-state index contributed by atoms with van der Waals surface area (Å²) in [4.78, 5) is 4.79. The molecule has 0 aliphatic rings. The number of sulfone groups is 1. The van der Waals surface area contributed by atoms with Crippen LogP contribution < -0.4 is 9.52 Å². The van der Waals surface area contributed by atoms with Crippen molar-refractivity contribution in [3.05, 3.63) is 18.2 Å². The van der Waals surface area contributed by atoms with Gasteiger partial charge in [-0.1, -0.05) is 0 Å². The highest BCUT2D eigenvalue weighted by atomic mass is 32.2. The third kappa shape index (κ3) is 5.46. The van der Waals surface area contributed by atoms with Gasteiger partial charge in [0.1, 0.15) is 12.3 Å². The van der Waals surface area contributed by atoms with Gasteiger partial charge in [0.05, 0.1) is 9.74 Å². The first-order chi connectivity index (χ1) is 11.5. The minimum Gasteiger partial charge on any atom is -0.741 e. The molecule has 9 nitrogen and oxygen atoms in total. The smallest absolute Gasteiger partial charge is 0.485 e. The number of hydrogen-bond donors (Lipinski definition) is 0. The maximum atomic E-state index is 12.2. The summed E-state index contributed by atoms with van der Waals surface area (Å²) in [5.41, 5.74) is -5.02. The van der Waals surface area contributed by atoms with E-state index in [1.54, 1.807) is 0 Å². The van der Waals surface area contributed by atoms with E-state index in [2.05, 4.69) is 10.1 Å². The first kappa shape index (κ1) is 22.0. The second-order valence-corrected chi connectivity index (χ2v) is 7.96. The number of alkyl halides is 5. The molecule has 0 spiro atoms. The van der Waals surface area contributed by atoms with E-state index in [4.69, 9.17) is 13.0 Å². The summed E-state index contributed by atoms with van der Waals surface area (Å²) in [5, 5.41) is 3.69. The van der Waals surface area contributed by atoms with E-state index in [0.29, 0.717) is 10.4 Å². The lowest BCUT2D eigenvalue weighted by atomic mass is 10.3. The van der Waals surface area contributed by atoms with Gasteiger partial charge in [0, 0.05) is 12.3 Å². The summed E-state index contributed by atoms with van der Waals surface area (Å²) in [7, 11) is -7.98. The second kappa shape index (κ2) is 7.28. The summed E-state index contributed by atoms with van der Waals surface area (Å²) in [6.45, 7) is -3.05. The van der Waals surface area contributed by atoms with Gasteiger partial charge in [0.2, 0.25) is 11.0 Å². The van der Waals surface area contributed by atoms with Crippen molar-refractivity contribution >= 4 is 31.0 Å². The minimum atomic E-state index is -6.09. The normalized spacial score (nSPS) is 12.8. The van der Waals surface area contributed by atoms with E-state index in [1.165, 1.54) is 29.9 Å². The topological polar surface area (TPSA) is 122 Å². The maximum Gasteiger partial charge on any atom is 0.485 e. The van der Waals surface area contributed by atoms with Gasteiger partial charge in [0.15, 0.2) is 20.0 Å². The summed E-state index contributed by atoms with van der Waals surface area (Å²) in [6, 6.07) is 4.09. The molecule has 0 unspecified atom stereocenters. The van der Waals surface area contributed by atoms with Crippen LogP contribution in [0.3, 0.4) is 0 Å². The van der Waals surface area contributed by atoms with Gasteiger partial charge in [0.25, 0.3) is 0 Å². The molecule has 0 atom stereocenters. The third-order valence-corrected chi connectivity index (χ3v) is 4.29. The largest absolute Gasteiger partial charge is 0.741 e. The van der Waals surface area contributed by atoms with Gasteiger partial charge in [-0.15, -0.1) is 4.68 Å². The molecule has 1 heterocycles. The Morgan fingerprint density at radius 1 is 1.23 bits per heavy atom. The molecule has 0 aliphatic heterocycles. The molecule has 0 fully saturated rings. The van der Waals surface area contributed by atoms with E-state index in [-0.39, 0.29) is 10.4 Å². The summed E-state index contributed by atoms with van der Waals surface area (Å²) in [6.07, 6.45) is 1.03. The highest BCUT2D eigenvalue weighted by Crippen LogP contribution is 2.20. The lowest BCUT2D eigenvalue weighted by Crippen LogP contribution is -2.33. The lowest BCUT2D eigenvalue weighted by Gasteiger charge is -2.08. The molecule has 0 saturated carbocycles. The van der Waals surface area contributed by atoms with Crippen LogP contribution in [-0.4, -0.2) is 49.8 Å². The predicted octanol–water partition coefficient (Wildman–Crippen LogP) is -0.0331. The summed E-state index contributed by atoms with van der Waals surface area (Å²) in [5.74, 6) is 0. The van der Waals surface area contributed by atoms with E-state index >= 15 is 0 Å². The van der Waals surface area contributed by atoms with Crippen molar-refractivity contribution in [1.82, 2.24) is 10.1 Å². The van der Waals surface area contributed by atoms with E-state index in [0.717, 1.165) is 6.26 Å². The maximum absolute atomic E-state index is 12.2. The monoisotopic (exact) mass is 427 g/mol. The summed E-state index contributed by atoms with van der Waals surface area (Å²) >= 11 is 0. The third-order valence-electron chi connectivity index (χ3n) is 2.61. The second-order valence-electron chi connectivity index (χ2n) is 4.57. The number of halogens is 5. The zero-order valence-electron chi connectivity index (χ0n) is 12.8. The Balaban J connectivity index is 0.000000359. The van der Waals surface area contributed by atoms with Crippen LogP contribution in [0.1, 0.15) is 0 Å². The van der Waals surface area contributed by atoms with Gasteiger partial charge >= 0.3 is 12.1 Å². The Hall–Kier alpha value is -2.07. The lowest BCUT2D eigenvalue weighted by molar-refractivity contribution is -0.711. The fraction of sp³-hybridized carbons (Fsp3) is 0.400. The molecule has 0 radical (unpaired) electrons. The number of aromatic nitrogens is 3. The molecule has 0 bridgehead atoms. The van der Waals surface area contributed by atoms with Crippen LogP contribution in [0, 0.1) is 0 Å². The zero-order valence-corrected chi connectivity index (χ0v) is 14.4. The van der Waals surface area contributed by atoms with Crippen LogP contribution in [0.4, 0.5) is 22.0 Å². The molecule has 16 heteroatoms. The van der Waals surface area contributed by atoms with Crippen molar-refractivity contribution in [2.24, 2.45) is 7.05 Å². The Labute approximate surface area is 143 Å². The van der Waals surface area contributed by atoms with Crippen LogP contribution in [0.2, 0.25) is 0 Å². The number of hydrogen-bond acceptors (Lipinski definition) is 7. The molecular formula is C10H10F5N3O6S2. The Morgan fingerprint density at radius 2 is 1.73 bits per heavy atom. The van der Waals surface area contributed by atoms with Gasteiger partial charge in [-0.2, -0.15) is 22.0 Å².